The van der Waals surface area contributed by atoms with Crippen LogP contribution in [-0.2, 0) is 10.0 Å². The third-order valence-electron chi connectivity index (χ3n) is 5.00. The molecule has 1 N–H and O–H groups in total. The average molecular weight is 443 g/mol. The maximum atomic E-state index is 13.0. The van der Waals surface area contributed by atoms with Gasteiger partial charge in [-0.3, -0.25) is 9.52 Å². The van der Waals surface area contributed by atoms with Crippen LogP contribution in [0.4, 0.5) is 10.1 Å². The average Bonchev–Trinajstić information content (AvgIpc) is 2.79. The zero-order chi connectivity index (χ0) is 22.6. The lowest BCUT2D eigenvalue weighted by Crippen LogP contribution is -2.30. The molecule has 3 rings (SSSR count). The molecule has 0 aromatic heterocycles. The molecule has 162 valence electrons. The van der Waals surface area contributed by atoms with E-state index in [-0.39, 0.29) is 22.5 Å². The van der Waals surface area contributed by atoms with Gasteiger partial charge in [0.15, 0.2) is 0 Å². The van der Waals surface area contributed by atoms with Crippen LogP contribution in [0.5, 0.6) is 5.75 Å². The van der Waals surface area contributed by atoms with Crippen molar-refractivity contribution in [2.75, 3.05) is 18.9 Å². The zero-order valence-electron chi connectivity index (χ0n) is 17.4. The van der Waals surface area contributed by atoms with Gasteiger partial charge in [-0.15, -0.1) is 0 Å². The summed E-state index contributed by atoms with van der Waals surface area (Å²) in [5.74, 6) is -0.0332. The van der Waals surface area contributed by atoms with Crippen LogP contribution in [-0.4, -0.2) is 33.4 Å². The van der Waals surface area contributed by atoms with Gasteiger partial charge in [0.25, 0.3) is 15.9 Å². The molecule has 0 aliphatic rings. The smallest absolute Gasteiger partial charge is 0.261 e. The van der Waals surface area contributed by atoms with E-state index in [0.29, 0.717) is 11.3 Å². The molecule has 1 atom stereocenters. The number of methoxy groups -OCH3 is 1. The molecule has 31 heavy (non-hydrogen) atoms. The summed E-state index contributed by atoms with van der Waals surface area (Å²) in [4.78, 5) is 14.5. The van der Waals surface area contributed by atoms with E-state index in [1.807, 2.05) is 31.2 Å². The summed E-state index contributed by atoms with van der Waals surface area (Å²) in [6.45, 7) is 1.89. The van der Waals surface area contributed by atoms with Crippen molar-refractivity contribution in [1.29, 1.82) is 0 Å². The van der Waals surface area contributed by atoms with Gasteiger partial charge in [-0.1, -0.05) is 18.2 Å². The highest BCUT2D eigenvalue weighted by atomic mass is 32.2. The number of anilines is 1. The number of para-hydroxylation sites is 1. The Kier molecular flexibility index (Phi) is 6.60. The number of carbonyl (C=O) groups excluding carboxylic acids is 1. The van der Waals surface area contributed by atoms with Crippen molar-refractivity contribution in [3.63, 3.8) is 0 Å². The Hall–Kier alpha value is -3.39. The van der Waals surface area contributed by atoms with Crippen LogP contribution >= 0.6 is 0 Å². The minimum atomic E-state index is -3.87. The second-order valence-electron chi connectivity index (χ2n) is 6.97. The van der Waals surface area contributed by atoms with E-state index in [4.69, 9.17) is 4.74 Å². The van der Waals surface area contributed by atoms with E-state index in [1.165, 1.54) is 48.5 Å². The number of halogens is 1. The molecular formula is C23H23FN2O4S. The van der Waals surface area contributed by atoms with E-state index in [9.17, 15) is 17.6 Å². The molecule has 0 radical (unpaired) electrons. The van der Waals surface area contributed by atoms with Crippen molar-refractivity contribution in [2.24, 2.45) is 0 Å². The third-order valence-corrected chi connectivity index (χ3v) is 6.40. The van der Waals surface area contributed by atoms with E-state index in [0.717, 1.165) is 5.56 Å². The van der Waals surface area contributed by atoms with Crippen molar-refractivity contribution >= 4 is 21.6 Å². The number of nitrogens with one attached hydrogen (secondary N) is 1. The molecule has 3 aromatic carbocycles. The molecule has 0 saturated heterocycles. The number of hydrogen-bond acceptors (Lipinski definition) is 4. The van der Waals surface area contributed by atoms with Gasteiger partial charge >= 0.3 is 0 Å². The van der Waals surface area contributed by atoms with Gasteiger partial charge in [0.2, 0.25) is 0 Å². The highest BCUT2D eigenvalue weighted by molar-refractivity contribution is 7.92. The lowest BCUT2D eigenvalue weighted by atomic mass is 10.0. The molecule has 0 aliphatic carbocycles. The molecule has 3 aromatic rings. The van der Waals surface area contributed by atoms with Gasteiger partial charge < -0.3 is 9.64 Å². The molecule has 0 aliphatic heterocycles. The molecule has 0 fully saturated rings. The number of amides is 1. The molecule has 1 amide bonds. The molecule has 8 heteroatoms. The number of nitrogens with zero attached hydrogens (tertiary/aromatic N) is 1. The SMILES string of the molecule is COc1ccccc1C(C)N(C)C(=O)c1ccc(S(=O)(=O)Nc2ccc(F)cc2)cc1. The fraction of sp³-hybridized carbons (Fsp3) is 0.174. The van der Waals surface area contributed by atoms with Gasteiger partial charge in [0.1, 0.15) is 11.6 Å². The summed E-state index contributed by atoms with van der Waals surface area (Å²) in [7, 11) is -0.614. The van der Waals surface area contributed by atoms with E-state index in [1.54, 1.807) is 19.1 Å². The maximum absolute atomic E-state index is 13.0. The Bertz CT molecular complexity index is 1160. The Morgan fingerprint density at radius 1 is 1.00 bits per heavy atom. The van der Waals surface area contributed by atoms with Crippen molar-refractivity contribution in [2.45, 2.75) is 17.9 Å². The summed E-state index contributed by atoms with van der Waals surface area (Å²) in [5.41, 5.74) is 1.46. The van der Waals surface area contributed by atoms with Crippen LogP contribution in [0.2, 0.25) is 0 Å². The van der Waals surface area contributed by atoms with E-state index in [2.05, 4.69) is 4.72 Å². The number of rotatable bonds is 7. The first-order valence-corrected chi connectivity index (χ1v) is 11.0. The molecule has 0 saturated carbocycles. The molecule has 1 unspecified atom stereocenters. The number of carbonyl (C=O) groups is 1. The second-order valence-corrected chi connectivity index (χ2v) is 8.65. The monoisotopic (exact) mass is 442 g/mol. The van der Waals surface area contributed by atoms with Gasteiger partial charge in [0, 0.05) is 23.9 Å². The van der Waals surface area contributed by atoms with Crippen LogP contribution in [0.3, 0.4) is 0 Å². The van der Waals surface area contributed by atoms with Crippen LogP contribution in [0.25, 0.3) is 0 Å². The molecule has 0 spiro atoms. The van der Waals surface area contributed by atoms with Gasteiger partial charge in [0.05, 0.1) is 18.0 Å². The second kappa shape index (κ2) is 9.18. The molecule has 0 bridgehead atoms. The first-order chi connectivity index (χ1) is 14.7. The van der Waals surface area contributed by atoms with Gasteiger partial charge in [-0.25, -0.2) is 12.8 Å². The summed E-state index contributed by atoms with van der Waals surface area (Å²) in [6.07, 6.45) is 0. The maximum Gasteiger partial charge on any atom is 0.261 e. The molecule has 6 nitrogen and oxygen atoms in total. The first-order valence-electron chi connectivity index (χ1n) is 9.51. The van der Waals surface area contributed by atoms with Crippen LogP contribution < -0.4 is 9.46 Å². The predicted octanol–water partition coefficient (Wildman–Crippen LogP) is 4.47. The standard InChI is InChI=1S/C23H23FN2O4S/c1-16(21-6-4-5-7-22(21)30-3)26(2)23(27)17-8-14-20(15-9-17)31(28,29)25-19-12-10-18(24)11-13-19/h4-16,25H,1-3H3. The molecule has 0 heterocycles. The Labute approximate surface area is 181 Å². The topological polar surface area (TPSA) is 75.7 Å². The lowest BCUT2D eigenvalue weighted by Gasteiger charge is -2.26. The van der Waals surface area contributed by atoms with E-state index >= 15 is 0 Å². The summed E-state index contributed by atoms with van der Waals surface area (Å²) in [5, 5.41) is 0. The van der Waals surface area contributed by atoms with Crippen molar-refractivity contribution in [3.8, 4) is 5.75 Å². The van der Waals surface area contributed by atoms with Crippen LogP contribution in [0, 0.1) is 5.82 Å². The minimum absolute atomic E-state index is 0.00574. The Morgan fingerprint density at radius 3 is 2.23 bits per heavy atom. The Morgan fingerprint density at radius 2 is 1.61 bits per heavy atom. The van der Waals surface area contributed by atoms with Crippen LogP contribution in [0.15, 0.2) is 77.7 Å². The Balaban J connectivity index is 1.77. The largest absolute Gasteiger partial charge is 0.496 e. The van der Waals surface area contributed by atoms with Gasteiger partial charge in [-0.05, 0) is 61.5 Å². The van der Waals surface area contributed by atoms with Crippen molar-refractivity contribution in [1.82, 2.24) is 4.90 Å². The first kappa shape index (κ1) is 22.3. The highest BCUT2D eigenvalue weighted by Crippen LogP contribution is 2.29. The van der Waals surface area contributed by atoms with Gasteiger partial charge in [-0.2, -0.15) is 0 Å². The quantitative estimate of drug-likeness (QED) is 0.586. The minimum Gasteiger partial charge on any atom is -0.496 e. The number of benzene rings is 3. The summed E-state index contributed by atoms with van der Waals surface area (Å²) >= 11 is 0. The van der Waals surface area contributed by atoms with Crippen LogP contribution in [0.1, 0.15) is 28.9 Å². The van der Waals surface area contributed by atoms with E-state index < -0.39 is 15.8 Å². The third kappa shape index (κ3) is 5.03. The number of hydrogen-bond donors (Lipinski definition) is 1. The number of ether oxygens (including phenoxy) is 1. The normalized spacial score (nSPS) is 12.1. The fourth-order valence-corrected chi connectivity index (χ4v) is 4.17. The highest BCUT2D eigenvalue weighted by Gasteiger charge is 2.22. The fourth-order valence-electron chi connectivity index (χ4n) is 3.11. The summed E-state index contributed by atoms with van der Waals surface area (Å²) in [6, 6.07) is 17.8. The lowest BCUT2D eigenvalue weighted by molar-refractivity contribution is 0.0741. The predicted molar refractivity (Wildman–Crippen MR) is 117 cm³/mol. The summed E-state index contributed by atoms with van der Waals surface area (Å²) < 4.78 is 45.9. The van der Waals surface area contributed by atoms with Crippen molar-refractivity contribution < 1.29 is 22.3 Å². The number of sulfonamides is 1. The molecular weight excluding hydrogens is 419 g/mol. The zero-order valence-corrected chi connectivity index (χ0v) is 18.2. The van der Waals surface area contributed by atoms with Crippen molar-refractivity contribution in [3.05, 3.63) is 89.7 Å².